The van der Waals surface area contributed by atoms with Crippen LogP contribution in [0.15, 0.2) is 60.7 Å². The van der Waals surface area contributed by atoms with E-state index in [1.807, 2.05) is 0 Å². The Kier molecular flexibility index (Phi) is 16.0. The molecule has 0 fully saturated rings. The van der Waals surface area contributed by atoms with E-state index in [2.05, 4.69) is 101 Å². The predicted molar refractivity (Wildman–Crippen MR) is 138 cm³/mol. The average molecular weight is 494 g/mol. The maximum Gasteiger partial charge on any atom is 4.00 e. The normalized spacial score (nSPS) is 9.27. The van der Waals surface area contributed by atoms with Crippen LogP contribution in [-0.4, -0.2) is 9.52 Å². The summed E-state index contributed by atoms with van der Waals surface area (Å²) >= 11 is 0. The molecule has 30 heavy (non-hydrogen) atoms. The fourth-order valence-corrected chi connectivity index (χ4v) is 3.80. The second-order valence-electron chi connectivity index (χ2n) is 6.99. The molecule has 4 aromatic carbocycles. The van der Waals surface area contributed by atoms with Gasteiger partial charge in [-0.2, -0.15) is 11.1 Å². The van der Waals surface area contributed by atoms with Crippen molar-refractivity contribution in [2.45, 2.75) is 53.6 Å². The molecule has 0 aliphatic carbocycles. The van der Waals surface area contributed by atoms with E-state index >= 15 is 0 Å². The second kappa shape index (κ2) is 15.5. The summed E-state index contributed by atoms with van der Waals surface area (Å²) in [5.41, 5.74) is 5.87. The molecule has 2 radical (unpaired) electrons. The van der Waals surface area contributed by atoms with Crippen molar-refractivity contribution in [1.29, 1.82) is 0 Å². The molecule has 0 aliphatic rings. The van der Waals surface area contributed by atoms with Gasteiger partial charge in [-0.05, 0) is 0 Å². The molecule has 0 bridgehead atoms. The first kappa shape index (κ1) is 30.9. The molecule has 0 aliphatic heterocycles. The molecule has 4 aromatic rings. The Balaban J connectivity index is 0. The van der Waals surface area contributed by atoms with E-state index in [9.17, 15) is 0 Å². The van der Waals surface area contributed by atoms with Gasteiger partial charge in [0.2, 0.25) is 0 Å². The van der Waals surface area contributed by atoms with Crippen LogP contribution >= 0.6 is 0 Å². The molecule has 0 heterocycles. The van der Waals surface area contributed by atoms with Crippen LogP contribution in [0.4, 0.5) is 0 Å². The zero-order chi connectivity index (χ0) is 19.8. The van der Waals surface area contributed by atoms with Crippen molar-refractivity contribution in [2.75, 3.05) is 0 Å². The van der Waals surface area contributed by atoms with Crippen molar-refractivity contribution >= 4 is 31.1 Å². The van der Waals surface area contributed by atoms with Gasteiger partial charge in [-0.1, -0.05) is 65.8 Å². The second-order valence-corrected chi connectivity index (χ2v) is 7.99. The van der Waals surface area contributed by atoms with Crippen LogP contribution < -0.4 is 0 Å². The molecular formula is C28H38SiZr. The Labute approximate surface area is 207 Å². The van der Waals surface area contributed by atoms with Gasteiger partial charge in [0, 0.05) is 9.52 Å². The molecule has 0 saturated carbocycles. The van der Waals surface area contributed by atoms with Crippen LogP contribution in [0.1, 0.15) is 36.1 Å². The van der Waals surface area contributed by atoms with Gasteiger partial charge in [-0.3, -0.25) is 0 Å². The number of aryl methyl sites for hydroxylation is 4. The van der Waals surface area contributed by atoms with Crippen LogP contribution in [0, 0.1) is 28.7 Å². The molecule has 4 rings (SSSR count). The minimum Gasteiger partial charge on any atom is -0.358 e. The van der Waals surface area contributed by atoms with E-state index in [0.717, 1.165) is 22.4 Å². The van der Waals surface area contributed by atoms with Crippen LogP contribution in [0.2, 0.25) is 13.1 Å². The molecule has 0 unspecified atom stereocenters. The molecular weight excluding hydrogens is 456 g/mol. The molecule has 0 aromatic heterocycles. The van der Waals surface area contributed by atoms with Gasteiger partial charge < -0.3 is 14.9 Å². The Morgan fingerprint density at radius 2 is 0.967 bits per heavy atom. The summed E-state index contributed by atoms with van der Waals surface area (Å²) in [6, 6.07) is 21.7. The van der Waals surface area contributed by atoms with Crippen molar-refractivity contribution < 1.29 is 26.2 Å². The van der Waals surface area contributed by atoms with Gasteiger partial charge >= 0.3 is 26.2 Å². The van der Waals surface area contributed by atoms with Crippen LogP contribution in [-0.2, 0) is 39.0 Å². The molecule has 0 N–H and O–H groups in total. The third-order valence-electron chi connectivity index (χ3n) is 4.97. The van der Waals surface area contributed by atoms with Gasteiger partial charge in [-0.15, -0.1) is 81.2 Å². The SMILES string of the molecule is CCc1c(C)[cH-]c2ccccc12.CCc1c(C)[cH-]c2ccccc12.C[Si]C.[CH3-].[CH3-].[Zr+4]. The number of hydrogen-bond acceptors (Lipinski definition) is 0. The molecule has 0 spiro atoms. The van der Waals surface area contributed by atoms with E-state index < -0.39 is 0 Å². The zero-order valence-corrected chi connectivity index (χ0v) is 23.6. The summed E-state index contributed by atoms with van der Waals surface area (Å²) in [4.78, 5) is 0. The topological polar surface area (TPSA) is 0 Å². The average Bonchev–Trinajstić information content (AvgIpc) is 3.17. The Hall–Kier alpha value is -1.24. The Morgan fingerprint density at radius 3 is 1.27 bits per heavy atom. The minimum absolute atomic E-state index is 0. The fourth-order valence-electron chi connectivity index (χ4n) is 3.80. The largest absolute Gasteiger partial charge is 4.00 e. The van der Waals surface area contributed by atoms with E-state index in [0.29, 0.717) is 0 Å². The maximum absolute atomic E-state index is 2.27. The van der Waals surface area contributed by atoms with Crippen molar-refractivity contribution in [3.8, 4) is 0 Å². The Bertz CT molecular complexity index is 895. The first-order valence-corrected chi connectivity index (χ1v) is 11.9. The fraction of sp³-hybridized carbons (Fsp3) is 0.286. The van der Waals surface area contributed by atoms with E-state index in [-0.39, 0.29) is 41.1 Å². The van der Waals surface area contributed by atoms with Gasteiger partial charge in [-0.25, -0.2) is 0 Å². The standard InChI is InChI=1S/2C12H13.C2H6Si.2CH3.Zr/c2*1-3-11-9(2)8-10-6-4-5-7-12(10)11;1-3-2;;;/h2*4-8H,3H2,1-2H3;1-2H3;2*1H3;/q2*-1;;2*-1;+4. The summed E-state index contributed by atoms with van der Waals surface area (Å²) in [5.74, 6) is 0. The third kappa shape index (κ3) is 7.47. The first-order chi connectivity index (χ1) is 13.1. The van der Waals surface area contributed by atoms with Crippen LogP contribution in [0.5, 0.6) is 0 Å². The van der Waals surface area contributed by atoms with Crippen molar-refractivity contribution in [1.82, 2.24) is 0 Å². The summed E-state index contributed by atoms with van der Waals surface area (Å²) in [7, 11) is 1.08. The van der Waals surface area contributed by atoms with Gasteiger partial charge in [0.1, 0.15) is 0 Å². The first-order valence-electron chi connectivity index (χ1n) is 9.93. The molecule has 0 amide bonds. The molecule has 0 saturated heterocycles. The van der Waals surface area contributed by atoms with Gasteiger partial charge in [0.05, 0.1) is 0 Å². The number of hydrogen-bond donors (Lipinski definition) is 0. The molecule has 0 atom stereocenters. The van der Waals surface area contributed by atoms with Gasteiger partial charge in [0.25, 0.3) is 0 Å². The summed E-state index contributed by atoms with van der Waals surface area (Å²) in [6.45, 7) is 13.1. The smallest absolute Gasteiger partial charge is 0.358 e. The molecule has 158 valence electrons. The van der Waals surface area contributed by atoms with Crippen LogP contribution in [0.3, 0.4) is 0 Å². The number of benzene rings is 2. The third-order valence-corrected chi connectivity index (χ3v) is 4.97. The van der Waals surface area contributed by atoms with Crippen LogP contribution in [0.25, 0.3) is 21.5 Å². The van der Waals surface area contributed by atoms with E-state index in [4.69, 9.17) is 0 Å². The predicted octanol–water partition coefficient (Wildman–Crippen LogP) is 8.54. The quantitative estimate of drug-likeness (QED) is 0.194. The Morgan fingerprint density at radius 1 is 0.667 bits per heavy atom. The van der Waals surface area contributed by atoms with Crippen molar-refractivity contribution in [3.63, 3.8) is 0 Å². The summed E-state index contributed by atoms with van der Waals surface area (Å²) in [6.07, 6.45) is 2.28. The minimum atomic E-state index is 0. The van der Waals surface area contributed by atoms with Crippen molar-refractivity contribution in [3.05, 3.63) is 97.8 Å². The van der Waals surface area contributed by atoms with Gasteiger partial charge in [0.15, 0.2) is 0 Å². The summed E-state index contributed by atoms with van der Waals surface area (Å²) < 4.78 is 0. The maximum atomic E-state index is 2.27. The molecule has 2 heteroatoms. The number of rotatable bonds is 2. The monoisotopic (exact) mass is 492 g/mol. The molecule has 0 nitrogen and oxygen atoms in total. The zero-order valence-electron chi connectivity index (χ0n) is 20.2. The number of fused-ring (bicyclic) bond motifs is 2. The van der Waals surface area contributed by atoms with Crippen molar-refractivity contribution in [2.24, 2.45) is 0 Å². The van der Waals surface area contributed by atoms with E-state index in [1.54, 1.807) is 0 Å². The summed E-state index contributed by atoms with van der Waals surface area (Å²) in [5, 5.41) is 5.62. The van der Waals surface area contributed by atoms with E-state index in [1.165, 1.54) is 43.8 Å².